The van der Waals surface area contributed by atoms with Gasteiger partial charge in [0.15, 0.2) is 0 Å². The van der Waals surface area contributed by atoms with Crippen LogP contribution in [0.4, 0.5) is 5.69 Å². The van der Waals surface area contributed by atoms with Crippen molar-refractivity contribution in [2.45, 2.75) is 26.0 Å². The van der Waals surface area contributed by atoms with E-state index in [-0.39, 0.29) is 17.7 Å². The zero-order valence-corrected chi connectivity index (χ0v) is 11.1. The molecule has 1 aliphatic rings. The number of aromatic carboxylic acids is 1. The Bertz CT molecular complexity index is 464. The molecule has 0 amide bonds. The van der Waals surface area contributed by atoms with Crippen LogP contribution in [-0.2, 0) is 4.74 Å². The Labute approximate surface area is 111 Å². The number of nitrogens with zero attached hydrogens (tertiary/aromatic N) is 1. The molecule has 1 aromatic carbocycles. The first-order valence-corrected chi connectivity index (χ1v) is 6.28. The van der Waals surface area contributed by atoms with Gasteiger partial charge in [0.05, 0.1) is 24.0 Å². The van der Waals surface area contributed by atoms with Gasteiger partial charge in [-0.25, -0.2) is 4.79 Å². The summed E-state index contributed by atoms with van der Waals surface area (Å²) in [5.74, 6) is -0.937. The largest absolute Gasteiger partial charge is 0.478 e. The molecule has 0 bridgehead atoms. The van der Waals surface area contributed by atoms with Gasteiger partial charge in [-0.05, 0) is 32.0 Å². The van der Waals surface area contributed by atoms with Crippen LogP contribution in [-0.4, -0.2) is 36.4 Å². The molecule has 0 aliphatic carbocycles. The molecule has 2 atom stereocenters. The zero-order valence-electron chi connectivity index (χ0n) is 10.4. The molecule has 0 spiro atoms. The van der Waals surface area contributed by atoms with E-state index < -0.39 is 5.97 Å². The van der Waals surface area contributed by atoms with Crippen molar-refractivity contribution in [1.29, 1.82) is 0 Å². The number of hydrogen-bond donors (Lipinski definition) is 1. The van der Waals surface area contributed by atoms with E-state index in [1.54, 1.807) is 18.2 Å². The van der Waals surface area contributed by atoms with Crippen molar-refractivity contribution in [2.24, 2.45) is 0 Å². The zero-order chi connectivity index (χ0) is 13.3. The van der Waals surface area contributed by atoms with Gasteiger partial charge in [0.25, 0.3) is 0 Å². The van der Waals surface area contributed by atoms with Crippen molar-refractivity contribution in [1.82, 2.24) is 0 Å². The summed E-state index contributed by atoms with van der Waals surface area (Å²) >= 11 is 5.97. The summed E-state index contributed by atoms with van der Waals surface area (Å²) in [5.41, 5.74) is 0.943. The maximum atomic E-state index is 11.3. The van der Waals surface area contributed by atoms with Crippen molar-refractivity contribution < 1.29 is 14.6 Å². The van der Waals surface area contributed by atoms with Crippen LogP contribution in [0.5, 0.6) is 0 Å². The molecule has 0 radical (unpaired) electrons. The van der Waals surface area contributed by atoms with E-state index in [1.807, 2.05) is 18.7 Å². The van der Waals surface area contributed by atoms with Gasteiger partial charge >= 0.3 is 5.97 Å². The molecular weight excluding hydrogens is 254 g/mol. The van der Waals surface area contributed by atoms with Gasteiger partial charge in [-0.1, -0.05) is 11.6 Å². The molecule has 18 heavy (non-hydrogen) atoms. The van der Waals surface area contributed by atoms with E-state index in [1.165, 1.54) is 0 Å². The fraction of sp³-hybridized carbons (Fsp3) is 0.462. The fourth-order valence-corrected chi connectivity index (χ4v) is 2.33. The second-order valence-electron chi connectivity index (χ2n) is 4.61. The van der Waals surface area contributed by atoms with Crippen LogP contribution in [0.1, 0.15) is 24.2 Å². The number of halogens is 1. The number of carboxylic acid groups (broad SMARTS) is 1. The van der Waals surface area contributed by atoms with Crippen molar-refractivity contribution in [2.75, 3.05) is 18.1 Å². The van der Waals surface area contributed by atoms with Gasteiger partial charge in [-0.3, -0.25) is 0 Å². The van der Waals surface area contributed by atoms with E-state index in [4.69, 9.17) is 16.3 Å². The molecule has 1 N–H and O–H groups in total. The Kier molecular flexibility index (Phi) is 3.78. The standard InChI is InChI=1S/C13H16ClNO3/c1-8-7-18-9(2)6-15(8)12-5-10(14)3-4-11(12)13(16)17/h3-5,8-9H,6-7H2,1-2H3,(H,16,17). The quantitative estimate of drug-likeness (QED) is 0.897. The third-order valence-electron chi connectivity index (χ3n) is 3.11. The predicted molar refractivity (Wildman–Crippen MR) is 70.6 cm³/mol. The Morgan fingerprint density at radius 3 is 2.89 bits per heavy atom. The van der Waals surface area contributed by atoms with Gasteiger partial charge in [0.2, 0.25) is 0 Å². The van der Waals surface area contributed by atoms with E-state index >= 15 is 0 Å². The molecule has 4 nitrogen and oxygen atoms in total. The molecule has 98 valence electrons. The van der Waals surface area contributed by atoms with Crippen molar-refractivity contribution >= 4 is 23.3 Å². The Hall–Kier alpha value is -1.26. The highest BCUT2D eigenvalue weighted by Gasteiger charge is 2.26. The summed E-state index contributed by atoms with van der Waals surface area (Å²) in [4.78, 5) is 13.3. The molecule has 1 fully saturated rings. The minimum atomic E-state index is -0.937. The van der Waals surface area contributed by atoms with Gasteiger partial charge in [0, 0.05) is 17.6 Å². The molecule has 1 aliphatic heterocycles. The molecule has 2 rings (SSSR count). The SMILES string of the molecule is CC1CN(c2cc(Cl)ccc2C(=O)O)C(C)CO1. The molecule has 1 aromatic rings. The Morgan fingerprint density at radius 2 is 2.22 bits per heavy atom. The van der Waals surface area contributed by atoms with Crippen LogP contribution in [0.25, 0.3) is 0 Å². The average molecular weight is 270 g/mol. The highest BCUT2D eigenvalue weighted by Crippen LogP contribution is 2.28. The van der Waals surface area contributed by atoms with Crippen LogP contribution < -0.4 is 4.90 Å². The normalized spacial score (nSPS) is 24.1. The van der Waals surface area contributed by atoms with Crippen LogP contribution >= 0.6 is 11.6 Å². The third-order valence-corrected chi connectivity index (χ3v) is 3.34. The van der Waals surface area contributed by atoms with Gasteiger partial charge < -0.3 is 14.7 Å². The Morgan fingerprint density at radius 1 is 1.50 bits per heavy atom. The van der Waals surface area contributed by atoms with Crippen molar-refractivity contribution in [3.63, 3.8) is 0 Å². The number of carboxylic acids is 1. The van der Waals surface area contributed by atoms with Crippen LogP contribution in [0.2, 0.25) is 5.02 Å². The summed E-state index contributed by atoms with van der Waals surface area (Å²) in [6.45, 7) is 5.25. The van der Waals surface area contributed by atoms with Gasteiger partial charge in [-0.15, -0.1) is 0 Å². The molecular formula is C13H16ClNO3. The first kappa shape index (κ1) is 13.2. The lowest BCUT2D eigenvalue weighted by Crippen LogP contribution is -2.48. The summed E-state index contributed by atoms with van der Waals surface area (Å²) in [6, 6.07) is 4.99. The summed E-state index contributed by atoms with van der Waals surface area (Å²) < 4.78 is 5.55. The monoisotopic (exact) mass is 269 g/mol. The smallest absolute Gasteiger partial charge is 0.337 e. The van der Waals surface area contributed by atoms with Crippen LogP contribution in [0.3, 0.4) is 0 Å². The second kappa shape index (κ2) is 5.16. The molecule has 1 saturated heterocycles. The highest BCUT2D eigenvalue weighted by molar-refractivity contribution is 6.31. The molecule has 5 heteroatoms. The predicted octanol–water partition coefficient (Wildman–Crippen LogP) is 2.65. The number of hydrogen-bond acceptors (Lipinski definition) is 3. The van der Waals surface area contributed by atoms with Gasteiger partial charge in [0.1, 0.15) is 0 Å². The molecule has 0 aromatic heterocycles. The van der Waals surface area contributed by atoms with E-state index in [0.29, 0.717) is 23.9 Å². The number of carbonyl (C=O) groups is 1. The minimum Gasteiger partial charge on any atom is -0.478 e. The lowest BCUT2D eigenvalue weighted by molar-refractivity contribution is 0.0341. The second-order valence-corrected chi connectivity index (χ2v) is 5.05. The summed E-state index contributed by atoms with van der Waals surface area (Å²) in [6.07, 6.45) is 0.0850. The number of anilines is 1. The topological polar surface area (TPSA) is 49.8 Å². The maximum Gasteiger partial charge on any atom is 0.337 e. The van der Waals surface area contributed by atoms with Gasteiger partial charge in [-0.2, -0.15) is 0 Å². The number of morpholine rings is 1. The molecule has 0 saturated carbocycles. The van der Waals surface area contributed by atoms with E-state index in [9.17, 15) is 9.90 Å². The van der Waals surface area contributed by atoms with E-state index in [2.05, 4.69) is 0 Å². The first-order valence-electron chi connectivity index (χ1n) is 5.90. The first-order chi connectivity index (χ1) is 8.49. The number of rotatable bonds is 2. The lowest BCUT2D eigenvalue weighted by Gasteiger charge is -2.39. The lowest BCUT2D eigenvalue weighted by atomic mass is 10.1. The third kappa shape index (κ3) is 2.60. The van der Waals surface area contributed by atoms with Crippen LogP contribution in [0, 0.1) is 0 Å². The highest BCUT2D eigenvalue weighted by atomic mass is 35.5. The van der Waals surface area contributed by atoms with Crippen LogP contribution in [0.15, 0.2) is 18.2 Å². The van der Waals surface area contributed by atoms with E-state index in [0.717, 1.165) is 0 Å². The minimum absolute atomic E-state index is 0.0850. The summed E-state index contributed by atoms with van der Waals surface area (Å²) in [5, 5.41) is 9.78. The number of ether oxygens (including phenoxy) is 1. The molecule has 1 heterocycles. The fourth-order valence-electron chi connectivity index (χ4n) is 2.16. The summed E-state index contributed by atoms with van der Waals surface area (Å²) in [7, 11) is 0. The van der Waals surface area contributed by atoms with Crippen molar-refractivity contribution in [3.05, 3.63) is 28.8 Å². The number of benzene rings is 1. The van der Waals surface area contributed by atoms with Crippen molar-refractivity contribution in [3.8, 4) is 0 Å². The maximum absolute atomic E-state index is 11.3. The average Bonchev–Trinajstić information content (AvgIpc) is 2.31. The Balaban J connectivity index is 2.41. The molecule has 2 unspecified atom stereocenters.